The van der Waals surface area contributed by atoms with E-state index in [2.05, 4.69) is 54.6 Å². The predicted molar refractivity (Wildman–Crippen MR) is 133 cm³/mol. The zero-order chi connectivity index (χ0) is 22.3. The van der Waals surface area contributed by atoms with Gasteiger partial charge >= 0.3 is 7.48 Å². The summed E-state index contributed by atoms with van der Waals surface area (Å²) in [4.78, 5) is 0. The van der Waals surface area contributed by atoms with Crippen molar-refractivity contribution in [2.45, 2.75) is 38.9 Å². The van der Waals surface area contributed by atoms with Gasteiger partial charge in [0.2, 0.25) is 0 Å². The van der Waals surface area contributed by atoms with E-state index in [1.807, 2.05) is 26.0 Å². The average Bonchev–Trinajstić information content (AvgIpc) is 3.29. The quantitative estimate of drug-likeness (QED) is 0.346. The van der Waals surface area contributed by atoms with Gasteiger partial charge in [-0.3, -0.25) is 0 Å². The third kappa shape index (κ3) is 2.70. The number of hydrogen-bond donors (Lipinski definition) is 1. The van der Waals surface area contributed by atoms with Crippen LogP contribution in [0.15, 0.2) is 71.1 Å². The first kappa shape index (κ1) is 19.6. The minimum atomic E-state index is -0.968. The molecule has 0 atom stereocenters. The molecule has 0 saturated carbocycles. The first-order chi connectivity index (χ1) is 15.2. The Hall–Kier alpha value is -3.08. The summed E-state index contributed by atoms with van der Waals surface area (Å²) >= 11 is 0. The molecule has 1 aromatic heterocycles. The average molecular weight is 419 g/mol. The van der Waals surface area contributed by atoms with E-state index in [1.165, 1.54) is 27.6 Å². The van der Waals surface area contributed by atoms with Crippen LogP contribution in [0.4, 0.5) is 0 Å². The van der Waals surface area contributed by atoms with Crippen molar-refractivity contribution >= 4 is 45.7 Å². The van der Waals surface area contributed by atoms with Crippen molar-refractivity contribution in [2.24, 2.45) is 0 Å². The van der Waals surface area contributed by atoms with Crippen molar-refractivity contribution in [3.63, 3.8) is 0 Å². The highest BCUT2D eigenvalue weighted by Gasteiger charge is 2.35. The molecule has 4 heteroatoms. The molecule has 1 radical (unpaired) electrons. The fourth-order valence-corrected chi connectivity index (χ4v) is 4.55. The summed E-state index contributed by atoms with van der Waals surface area (Å²) in [6.07, 6.45) is 0. The van der Waals surface area contributed by atoms with Gasteiger partial charge in [0.05, 0.1) is 11.2 Å². The molecule has 32 heavy (non-hydrogen) atoms. The number of furan rings is 1. The molecule has 0 bridgehead atoms. The molecule has 1 aliphatic carbocycles. The maximum absolute atomic E-state index is 10.4. The Bertz CT molecular complexity index is 1540. The molecule has 0 unspecified atom stereocenters. The highest BCUT2D eigenvalue weighted by atomic mass is 16.5. The Morgan fingerprint density at radius 2 is 1.47 bits per heavy atom. The number of aliphatic hydroxyl groups is 1. The van der Waals surface area contributed by atoms with Gasteiger partial charge in [0.25, 0.3) is 0 Å². The smallest absolute Gasteiger partial charge is 0.331 e. The van der Waals surface area contributed by atoms with Gasteiger partial charge in [0.1, 0.15) is 11.2 Å². The van der Waals surface area contributed by atoms with E-state index in [0.29, 0.717) is 0 Å². The number of hydrogen-bond acceptors (Lipinski definition) is 3. The van der Waals surface area contributed by atoms with Crippen LogP contribution in [0.1, 0.15) is 27.7 Å². The molecule has 0 aliphatic heterocycles. The molecular formula is C28H24BO3. The molecule has 4 aromatic carbocycles. The molecule has 0 spiro atoms. The zero-order valence-electron chi connectivity index (χ0n) is 18.7. The highest BCUT2D eigenvalue weighted by Crippen LogP contribution is 2.50. The van der Waals surface area contributed by atoms with Gasteiger partial charge < -0.3 is 14.2 Å². The van der Waals surface area contributed by atoms with Crippen molar-refractivity contribution in [3.8, 4) is 22.3 Å². The largest absolute Gasteiger partial charge is 0.455 e. The molecule has 0 amide bonds. The molecule has 1 aliphatic rings. The van der Waals surface area contributed by atoms with Crippen molar-refractivity contribution in [1.29, 1.82) is 0 Å². The van der Waals surface area contributed by atoms with Crippen LogP contribution in [0.3, 0.4) is 0 Å². The van der Waals surface area contributed by atoms with Gasteiger partial charge in [-0.1, -0.05) is 54.6 Å². The second-order valence-electron chi connectivity index (χ2n) is 9.74. The molecule has 1 heterocycles. The van der Waals surface area contributed by atoms with Crippen LogP contribution >= 0.6 is 0 Å². The highest BCUT2D eigenvalue weighted by molar-refractivity contribution is 6.47. The molecule has 5 aromatic rings. The third-order valence-corrected chi connectivity index (χ3v) is 7.09. The molecule has 0 fully saturated rings. The van der Waals surface area contributed by atoms with Crippen LogP contribution in [0, 0.1) is 0 Å². The van der Waals surface area contributed by atoms with E-state index in [0.717, 1.165) is 32.8 Å². The fraction of sp³-hybridized carbons (Fsp3) is 0.214. The zero-order valence-corrected chi connectivity index (χ0v) is 18.7. The summed E-state index contributed by atoms with van der Waals surface area (Å²) in [5.41, 5.74) is 6.07. The van der Waals surface area contributed by atoms with E-state index < -0.39 is 11.2 Å². The molecule has 6 rings (SSSR count). The minimum Gasteiger partial charge on any atom is -0.455 e. The van der Waals surface area contributed by atoms with E-state index in [1.54, 1.807) is 21.3 Å². The van der Waals surface area contributed by atoms with E-state index >= 15 is 0 Å². The standard InChI is InChI=1S/C28H24BO3/c1-27(2,30)28(3,4)32-29-16-12-13-19-23-15-22-18-9-6-5-8-17(18)20-10-7-11-21(25(20)22)26(23)31-24(19)14-16/h5-15,30H,1-4H3. The Kier molecular flexibility index (Phi) is 3.96. The third-order valence-electron chi connectivity index (χ3n) is 7.09. The SMILES string of the molecule is CC(C)(O)C(C)(C)O[B]c1ccc2c(c1)oc1c3cccc4c3c(cc21)-c1ccccc1-4. The lowest BCUT2D eigenvalue weighted by atomic mass is 9.82. The second kappa shape index (κ2) is 6.47. The molecule has 157 valence electrons. The van der Waals surface area contributed by atoms with Gasteiger partial charge in [-0.25, -0.2) is 0 Å². The lowest BCUT2D eigenvalue weighted by Crippen LogP contribution is -2.49. The summed E-state index contributed by atoms with van der Waals surface area (Å²) in [5, 5.41) is 15.0. The monoisotopic (exact) mass is 419 g/mol. The van der Waals surface area contributed by atoms with E-state index in [-0.39, 0.29) is 0 Å². The Morgan fingerprint density at radius 1 is 0.750 bits per heavy atom. The summed E-state index contributed by atoms with van der Waals surface area (Å²) in [6, 6.07) is 23.5. The van der Waals surface area contributed by atoms with Crippen LogP contribution in [-0.2, 0) is 4.65 Å². The lowest BCUT2D eigenvalue weighted by molar-refractivity contribution is -0.0893. The van der Waals surface area contributed by atoms with E-state index in [9.17, 15) is 5.11 Å². The first-order valence-corrected chi connectivity index (χ1v) is 11.0. The van der Waals surface area contributed by atoms with Gasteiger partial charge in [0, 0.05) is 21.5 Å². The Morgan fingerprint density at radius 3 is 2.22 bits per heavy atom. The molecular weight excluding hydrogens is 395 g/mol. The minimum absolute atomic E-state index is 0.721. The predicted octanol–water partition coefficient (Wildman–Crippen LogP) is 6.20. The summed E-state index contributed by atoms with van der Waals surface area (Å²) in [5.74, 6) is 0. The Labute approximate surface area is 187 Å². The summed E-state index contributed by atoms with van der Waals surface area (Å²) in [7, 11) is 1.70. The summed E-state index contributed by atoms with van der Waals surface area (Å²) in [6.45, 7) is 7.26. The van der Waals surface area contributed by atoms with Crippen LogP contribution in [0.2, 0.25) is 0 Å². The fourth-order valence-electron chi connectivity index (χ4n) is 4.55. The van der Waals surface area contributed by atoms with Crippen LogP contribution in [-0.4, -0.2) is 23.8 Å². The number of fused-ring (bicyclic) bond motifs is 7. The number of rotatable bonds is 4. The molecule has 3 nitrogen and oxygen atoms in total. The second-order valence-corrected chi connectivity index (χ2v) is 9.74. The van der Waals surface area contributed by atoms with Crippen molar-refractivity contribution < 1.29 is 14.2 Å². The van der Waals surface area contributed by atoms with Crippen LogP contribution in [0.5, 0.6) is 0 Å². The van der Waals surface area contributed by atoms with Crippen LogP contribution < -0.4 is 5.46 Å². The van der Waals surface area contributed by atoms with Gasteiger partial charge in [0.15, 0.2) is 0 Å². The lowest BCUT2D eigenvalue weighted by Gasteiger charge is -2.37. The maximum Gasteiger partial charge on any atom is 0.331 e. The molecule has 0 saturated heterocycles. The van der Waals surface area contributed by atoms with Crippen molar-refractivity contribution in [1.82, 2.24) is 0 Å². The van der Waals surface area contributed by atoms with Crippen molar-refractivity contribution in [2.75, 3.05) is 0 Å². The topological polar surface area (TPSA) is 42.6 Å². The van der Waals surface area contributed by atoms with E-state index in [4.69, 9.17) is 9.07 Å². The normalized spacial score (nSPS) is 13.3. The first-order valence-electron chi connectivity index (χ1n) is 11.0. The molecule has 1 N–H and O–H groups in total. The maximum atomic E-state index is 10.4. The van der Waals surface area contributed by atoms with Gasteiger partial charge in [-0.15, -0.1) is 0 Å². The summed E-state index contributed by atoms with van der Waals surface area (Å²) < 4.78 is 12.4. The van der Waals surface area contributed by atoms with Gasteiger partial charge in [-0.2, -0.15) is 0 Å². The van der Waals surface area contributed by atoms with Crippen LogP contribution in [0.25, 0.3) is 55.0 Å². The Balaban J connectivity index is 1.50. The van der Waals surface area contributed by atoms with Gasteiger partial charge in [-0.05, 0) is 67.5 Å². The van der Waals surface area contributed by atoms with Crippen molar-refractivity contribution in [3.05, 3.63) is 66.7 Å². The number of benzene rings is 4.